The van der Waals surface area contributed by atoms with Gasteiger partial charge in [-0.05, 0) is 42.1 Å². The van der Waals surface area contributed by atoms with E-state index in [1.807, 2.05) is 29.6 Å². The largest absolute Gasteiger partial charge is 0.494 e. The Kier molecular flexibility index (Phi) is 6.87. The number of carbonyl (C=O) groups excluding carboxylic acids is 1. The molecule has 1 amide bonds. The minimum absolute atomic E-state index is 0.0252. The highest BCUT2D eigenvalue weighted by Gasteiger charge is 2.14. The maximum Gasteiger partial charge on any atom is 0.262 e. The number of hydrogen-bond acceptors (Lipinski definition) is 6. The van der Waals surface area contributed by atoms with Crippen LogP contribution in [0, 0.1) is 5.82 Å². The first-order valence-electron chi connectivity index (χ1n) is 9.83. The van der Waals surface area contributed by atoms with Crippen molar-refractivity contribution in [1.82, 2.24) is 9.55 Å². The Morgan fingerprint density at radius 3 is 2.81 bits per heavy atom. The summed E-state index contributed by atoms with van der Waals surface area (Å²) < 4.78 is 20.4. The summed E-state index contributed by atoms with van der Waals surface area (Å²) in [6, 6.07) is 15.4. The van der Waals surface area contributed by atoms with Crippen molar-refractivity contribution >= 4 is 45.6 Å². The molecule has 4 aromatic rings. The van der Waals surface area contributed by atoms with Crippen molar-refractivity contribution in [3.8, 4) is 5.75 Å². The fourth-order valence-electron chi connectivity index (χ4n) is 3.20. The lowest BCUT2D eigenvalue weighted by Crippen LogP contribution is -2.25. The second kappa shape index (κ2) is 9.97. The normalized spacial score (nSPS) is 10.9. The Labute approximate surface area is 192 Å². The van der Waals surface area contributed by atoms with Crippen LogP contribution in [0.2, 0.25) is 0 Å². The number of aromatic nitrogens is 2. The van der Waals surface area contributed by atoms with Gasteiger partial charge in [-0.15, -0.1) is 11.3 Å². The van der Waals surface area contributed by atoms with Crippen molar-refractivity contribution in [1.29, 1.82) is 0 Å². The summed E-state index contributed by atoms with van der Waals surface area (Å²) in [5.41, 5.74) is 0.785. The van der Waals surface area contributed by atoms with Gasteiger partial charge in [0.25, 0.3) is 5.56 Å². The summed E-state index contributed by atoms with van der Waals surface area (Å²) in [5.74, 6) is -0.756. The molecule has 0 bridgehead atoms. The van der Waals surface area contributed by atoms with Crippen molar-refractivity contribution in [3.63, 3.8) is 0 Å². The molecule has 0 aliphatic rings. The first kappa shape index (κ1) is 22.0. The molecule has 1 N–H and O–H groups in total. The van der Waals surface area contributed by atoms with Crippen LogP contribution in [-0.4, -0.2) is 28.3 Å². The van der Waals surface area contributed by atoms with E-state index in [2.05, 4.69) is 10.3 Å². The summed E-state index contributed by atoms with van der Waals surface area (Å²) >= 11 is 2.81. The first-order valence-corrected chi connectivity index (χ1v) is 11.7. The molecule has 0 saturated heterocycles. The summed E-state index contributed by atoms with van der Waals surface area (Å²) in [6.07, 6.45) is 0.697. The number of carbonyl (C=O) groups is 1. The molecular weight excluding hydrogens is 449 g/mol. The van der Waals surface area contributed by atoms with Gasteiger partial charge in [-0.25, -0.2) is 9.37 Å². The predicted octanol–water partition coefficient (Wildman–Crippen LogP) is 4.58. The van der Waals surface area contributed by atoms with Gasteiger partial charge >= 0.3 is 0 Å². The van der Waals surface area contributed by atoms with Crippen LogP contribution in [0.1, 0.15) is 4.88 Å². The lowest BCUT2D eigenvalue weighted by Gasteiger charge is -2.13. The fourth-order valence-corrected chi connectivity index (χ4v) is 4.73. The van der Waals surface area contributed by atoms with E-state index < -0.39 is 5.82 Å². The number of methoxy groups -OCH3 is 1. The van der Waals surface area contributed by atoms with Gasteiger partial charge in [-0.3, -0.25) is 14.2 Å². The summed E-state index contributed by atoms with van der Waals surface area (Å²) in [6.45, 7) is 0.463. The van der Waals surface area contributed by atoms with E-state index in [-0.39, 0.29) is 23.0 Å². The van der Waals surface area contributed by atoms with E-state index in [1.54, 1.807) is 34.1 Å². The van der Waals surface area contributed by atoms with E-state index >= 15 is 0 Å². The zero-order valence-electron chi connectivity index (χ0n) is 17.2. The topological polar surface area (TPSA) is 73.2 Å². The number of amides is 1. The molecule has 2 aromatic heterocycles. The van der Waals surface area contributed by atoms with E-state index in [1.165, 1.54) is 35.9 Å². The number of nitrogens with one attached hydrogen (secondary N) is 1. The molecule has 0 radical (unpaired) electrons. The van der Waals surface area contributed by atoms with E-state index in [0.29, 0.717) is 34.7 Å². The van der Waals surface area contributed by atoms with Gasteiger partial charge in [-0.2, -0.15) is 0 Å². The number of para-hydroxylation sites is 1. The van der Waals surface area contributed by atoms with Crippen LogP contribution in [0.3, 0.4) is 0 Å². The van der Waals surface area contributed by atoms with Crippen molar-refractivity contribution in [2.45, 2.75) is 18.1 Å². The van der Waals surface area contributed by atoms with Crippen LogP contribution >= 0.6 is 23.1 Å². The number of halogens is 1. The van der Waals surface area contributed by atoms with Gasteiger partial charge in [0.15, 0.2) is 16.7 Å². The molecule has 32 heavy (non-hydrogen) atoms. The van der Waals surface area contributed by atoms with Crippen molar-refractivity contribution in [2.24, 2.45) is 0 Å². The minimum Gasteiger partial charge on any atom is -0.494 e. The monoisotopic (exact) mass is 469 g/mol. The zero-order valence-corrected chi connectivity index (χ0v) is 18.8. The molecule has 0 fully saturated rings. The third kappa shape index (κ3) is 5.00. The van der Waals surface area contributed by atoms with Gasteiger partial charge < -0.3 is 10.1 Å². The number of rotatable bonds is 8. The fraction of sp³-hybridized carbons (Fsp3) is 0.174. The third-order valence-corrected chi connectivity index (χ3v) is 6.67. The quantitative estimate of drug-likeness (QED) is 0.302. The van der Waals surface area contributed by atoms with E-state index in [0.717, 1.165) is 0 Å². The van der Waals surface area contributed by atoms with E-state index in [4.69, 9.17) is 4.74 Å². The number of aryl methyl sites for hydroxylation is 1. The second-order valence-corrected chi connectivity index (χ2v) is 8.86. The molecule has 0 aliphatic heterocycles. The second-order valence-electron chi connectivity index (χ2n) is 6.88. The van der Waals surface area contributed by atoms with Crippen molar-refractivity contribution < 1.29 is 13.9 Å². The smallest absolute Gasteiger partial charge is 0.262 e. The van der Waals surface area contributed by atoms with Gasteiger partial charge in [0.05, 0.1) is 23.8 Å². The number of ether oxygens (including phenoxy) is 1. The van der Waals surface area contributed by atoms with Crippen molar-refractivity contribution in [3.05, 3.63) is 81.0 Å². The number of thioether (sulfide) groups is 1. The van der Waals surface area contributed by atoms with Crippen LogP contribution in [0.15, 0.2) is 69.9 Å². The van der Waals surface area contributed by atoms with Gasteiger partial charge in [0.1, 0.15) is 0 Å². The van der Waals surface area contributed by atoms with Crippen LogP contribution in [0.4, 0.5) is 10.1 Å². The number of anilines is 1. The average Bonchev–Trinajstić information content (AvgIpc) is 3.31. The predicted molar refractivity (Wildman–Crippen MR) is 126 cm³/mol. The maximum absolute atomic E-state index is 13.9. The molecular formula is C23H20FN3O3S2. The van der Waals surface area contributed by atoms with Gasteiger partial charge in [0.2, 0.25) is 5.91 Å². The number of thiophene rings is 1. The zero-order chi connectivity index (χ0) is 22.5. The number of benzene rings is 2. The molecule has 0 spiro atoms. The molecule has 2 heterocycles. The molecule has 0 saturated carbocycles. The highest BCUT2D eigenvalue weighted by atomic mass is 32.2. The Bertz CT molecular complexity index is 1310. The Morgan fingerprint density at radius 2 is 2.06 bits per heavy atom. The Hall–Kier alpha value is -3.17. The number of hydrogen-bond donors (Lipinski definition) is 1. The summed E-state index contributed by atoms with van der Waals surface area (Å²) in [4.78, 5) is 31.3. The molecule has 2 aromatic carbocycles. The molecule has 0 aliphatic carbocycles. The minimum atomic E-state index is -0.559. The maximum atomic E-state index is 13.9. The van der Waals surface area contributed by atoms with Crippen LogP contribution in [0.25, 0.3) is 10.9 Å². The molecule has 4 rings (SSSR count). The lowest BCUT2D eigenvalue weighted by molar-refractivity contribution is -0.113. The van der Waals surface area contributed by atoms with Crippen LogP contribution < -0.4 is 15.6 Å². The first-order chi connectivity index (χ1) is 15.5. The van der Waals surface area contributed by atoms with Gasteiger partial charge in [0, 0.05) is 23.2 Å². The van der Waals surface area contributed by atoms with Crippen LogP contribution in [-0.2, 0) is 17.8 Å². The number of fused-ring (bicyclic) bond motifs is 1. The highest BCUT2D eigenvalue weighted by Crippen LogP contribution is 2.22. The Morgan fingerprint density at radius 1 is 1.22 bits per heavy atom. The molecule has 0 atom stereocenters. The number of nitrogens with zero attached hydrogens (tertiary/aromatic N) is 2. The SMILES string of the molecule is COc1ccc(NC(=O)CSc2nc3ccccc3c(=O)n2CCc2cccs2)cc1F. The summed E-state index contributed by atoms with van der Waals surface area (Å²) in [7, 11) is 1.38. The average molecular weight is 470 g/mol. The van der Waals surface area contributed by atoms with Crippen LogP contribution in [0.5, 0.6) is 5.75 Å². The standard InChI is InChI=1S/C23H20FN3O3S2/c1-30-20-9-8-15(13-18(20)24)25-21(28)14-32-23-26-19-7-3-2-6-17(19)22(29)27(23)11-10-16-5-4-12-31-16/h2-9,12-13H,10-11,14H2,1H3,(H,25,28). The molecule has 6 nitrogen and oxygen atoms in total. The van der Waals surface area contributed by atoms with Crippen molar-refractivity contribution in [2.75, 3.05) is 18.2 Å². The molecule has 164 valence electrons. The van der Waals surface area contributed by atoms with Gasteiger partial charge in [-0.1, -0.05) is 30.0 Å². The van der Waals surface area contributed by atoms with E-state index in [9.17, 15) is 14.0 Å². The summed E-state index contributed by atoms with van der Waals surface area (Å²) in [5, 5.41) is 5.68. The third-order valence-electron chi connectivity index (χ3n) is 4.76. The lowest BCUT2D eigenvalue weighted by atomic mass is 10.2. The highest BCUT2D eigenvalue weighted by molar-refractivity contribution is 7.99. The molecule has 0 unspecified atom stereocenters. The Balaban J connectivity index is 1.53. The molecule has 9 heteroatoms.